The van der Waals surface area contributed by atoms with Crippen LogP contribution in [0.2, 0.25) is 0 Å². The molecule has 0 radical (unpaired) electrons. The first-order chi connectivity index (χ1) is 13.5. The molecule has 0 aliphatic rings. The standard InChI is InChI=1S/C17H15FN2O8S/c18-12-3-1-2-10(6-12)8-29(27,28)9-14(17(23)24)19-13-5-4-11(16(21)22)7-15(13)20(25)26/h1-7,14,19H,8-9H2,(H,21,22)(H,23,24). The van der Waals surface area contributed by atoms with Gasteiger partial charge in [-0.3, -0.25) is 10.1 Å². The SMILES string of the molecule is O=C(O)c1ccc(NC(CS(=O)(=O)Cc2cccc(F)c2)C(=O)O)c([N+](=O)[O-])c1. The summed E-state index contributed by atoms with van der Waals surface area (Å²) in [5.41, 5.74) is -1.36. The fourth-order valence-electron chi connectivity index (χ4n) is 2.49. The summed E-state index contributed by atoms with van der Waals surface area (Å²) in [7, 11) is -4.04. The van der Waals surface area contributed by atoms with Crippen LogP contribution in [0.4, 0.5) is 15.8 Å². The van der Waals surface area contributed by atoms with Gasteiger partial charge >= 0.3 is 11.9 Å². The van der Waals surface area contributed by atoms with Crippen molar-refractivity contribution in [1.82, 2.24) is 0 Å². The summed E-state index contributed by atoms with van der Waals surface area (Å²) in [6, 6.07) is 5.75. The molecule has 3 N–H and O–H groups in total. The molecule has 0 fully saturated rings. The van der Waals surface area contributed by atoms with Crippen molar-refractivity contribution in [3.05, 3.63) is 69.5 Å². The predicted molar refractivity (Wildman–Crippen MR) is 99.0 cm³/mol. The lowest BCUT2D eigenvalue weighted by atomic mass is 10.1. The fraction of sp³-hybridized carbons (Fsp3) is 0.176. The molecule has 2 aromatic rings. The number of sulfone groups is 1. The first-order valence-electron chi connectivity index (χ1n) is 7.94. The highest BCUT2D eigenvalue weighted by molar-refractivity contribution is 7.90. The average Bonchev–Trinajstić information content (AvgIpc) is 2.60. The van der Waals surface area contributed by atoms with Crippen molar-refractivity contribution in [1.29, 1.82) is 0 Å². The van der Waals surface area contributed by atoms with E-state index < -0.39 is 61.3 Å². The Bertz CT molecular complexity index is 1070. The summed E-state index contributed by atoms with van der Waals surface area (Å²) in [6.07, 6.45) is 0. The van der Waals surface area contributed by atoms with Gasteiger partial charge in [-0.2, -0.15) is 0 Å². The van der Waals surface area contributed by atoms with Crippen LogP contribution in [0.3, 0.4) is 0 Å². The van der Waals surface area contributed by atoms with Crippen LogP contribution in [-0.4, -0.2) is 47.3 Å². The zero-order valence-corrected chi connectivity index (χ0v) is 15.4. The third-order valence-corrected chi connectivity index (χ3v) is 5.38. The number of nitro benzene ring substituents is 1. The Morgan fingerprint density at radius 3 is 2.41 bits per heavy atom. The lowest BCUT2D eigenvalue weighted by Crippen LogP contribution is -2.37. The van der Waals surface area contributed by atoms with E-state index in [2.05, 4.69) is 5.32 Å². The third-order valence-electron chi connectivity index (χ3n) is 3.77. The van der Waals surface area contributed by atoms with Crippen molar-refractivity contribution in [3.63, 3.8) is 0 Å². The number of aliphatic carboxylic acids is 1. The van der Waals surface area contributed by atoms with Crippen molar-refractivity contribution in [2.75, 3.05) is 11.1 Å². The summed E-state index contributed by atoms with van der Waals surface area (Å²) < 4.78 is 37.9. The molecule has 0 saturated heterocycles. The number of nitro groups is 1. The molecule has 0 spiro atoms. The van der Waals surface area contributed by atoms with Crippen molar-refractivity contribution in [2.45, 2.75) is 11.8 Å². The quantitative estimate of drug-likeness (QED) is 0.401. The zero-order valence-electron chi connectivity index (χ0n) is 14.6. The number of benzene rings is 2. The number of halogens is 1. The highest BCUT2D eigenvalue weighted by Gasteiger charge is 2.28. The first kappa shape index (κ1) is 21.8. The summed E-state index contributed by atoms with van der Waals surface area (Å²) in [6.45, 7) is 0. The summed E-state index contributed by atoms with van der Waals surface area (Å²) in [5, 5.41) is 31.7. The molecule has 154 valence electrons. The molecule has 0 aromatic heterocycles. The van der Waals surface area contributed by atoms with E-state index in [1.807, 2.05) is 0 Å². The van der Waals surface area contributed by atoms with Gasteiger partial charge in [0.2, 0.25) is 0 Å². The van der Waals surface area contributed by atoms with Gasteiger partial charge in [0.15, 0.2) is 9.84 Å². The number of carbonyl (C=O) groups is 2. The maximum absolute atomic E-state index is 13.2. The minimum atomic E-state index is -4.04. The van der Waals surface area contributed by atoms with Crippen LogP contribution in [0.1, 0.15) is 15.9 Å². The molecule has 0 aliphatic carbocycles. The molecule has 12 heteroatoms. The Labute approximate surface area is 163 Å². The predicted octanol–water partition coefficient (Wildman–Crippen LogP) is 1.91. The largest absolute Gasteiger partial charge is 0.480 e. The minimum absolute atomic E-state index is 0.117. The van der Waals surface area contributed by atoms with Crippen molar-refractivity contribution in [2.24, 2.45) is 0 Å². The van der Waals surface area contributed by atoms with Gasteiger partial charge in [-0.25, -0.2) is 22.4 Å². The summed E-state index contributed by atoms with van der Waals surface area (Å²) in [4.78, 5) is 32.7. The molecule has 0 heterocycles. The average molecular weight is 426 g/mol. The Hall–Kier alpha value is -3.54. The number of nitrogens with zero attached hydrogens (tertiary/aromatic N) is 1. The van der Waals surface area contributed by atoms with Gasteiger partial charge in [-0.05, 0) is 29.8 Å². The van der Waals surface area contributed by atoms with Crippen LogP contribution in [0.5, 0.6) is 0 Å². The Morgan fingerprint density at radius 1 is 1.17 bits per heavy atom. The number of anilines is 1. The highest BCUT2D eigenvalue weighted by Crippen LogP contribution is 2.27. The lowest BCUT2D eigenvalue weighted by Gasteiger charge is -2.16. The Morgan fingerprint density at radius 2 is 1.86 bits per heavy atom. The number of aromatic carboxylic acids is 1. The molecule has 0 amide bonds. The fourth-order valence-corrected chi connectivity index (χ4v) is 4.03. The molecule has 1 atom stereocenters. The molecule has 0 bridgehead atoms. The monoisotopic (exact) mass is 426 g/mol. The van der Waals surface area contributed by atoms with E-state index in [4.69, 9.17) is 5.11 Å². The van der Waals surface area contributed by atoms with Gasteiger partial charge < -0.3 is 15.5 Å². The van der Waals surface area contributed by atoms with Gasteiger partial charge in [0, 0.05) is 6.07 Å². The highest BCUT2D eigenvalue weighted by atomic mass is 32.2. The molecule has 29 heavy (non-hydrogen) atoms. The van der Waals surface area contributed by atoms with Gasteiger partial charge in [-0.15, -0.1) is 0 Å². The zero-order chi connectivity index (χ0) is 21.8. The van der Waals surface area contributed by atoms with E-state index in [1.54, 1.807) is 0 Å². The molecule has 2 rings (SSSR count). The van der Waals surface area contributed by atoms with Crippen LogP contribution in [0, 0.1) is 15.9 Å². The lowest BCUT2D eigenvalue weighted by molar-refractivity contribution is -0.384. The normalized spacial score (nSPS) is 12.2. The Kier molecular flexibility index (Phi) is 6.49. The van der Waals surface area contributed by atoms with Crippen molar-refractivity contribution >= 4 is 33.2 Å². The maximum Gasteiger partial charge on any atom is 0.335 e. The van der Waals surface area contributed by atoms with E-state index in [9.17, 15) is 37.6 Å². The van der Waals surface area contributed by atoms with Gasteiger partial charge in [0.25, 0.3) is 5.69 Å². The first-order valence-corrected chi connectivity index (χ1v) is 9.76. The maximum atomic E-state index is 13.2. The second-order valence-corrected chi connectivity index (χ2v) is 8.12. The van der Waals surface area contributed by atoms with Crippen LogP contribution in [0.25, 0.3) is 0 Å². The summed E-state index contributed by atoms with van der Waals surface area (Å²) in [5.74, 6) is -5.23. The molecule has 0 aliphatic heterocycles. The third kappa shape index (κ3) is 5.97. The number of rotatable bonds is 9. The molecule has 0 saturated carbocycles. The second-order valence-electron chi connectivity index (χ2n) is 6.01. The van der Waals surface area contributed by atoms with Crippen LogP contribution in [0.15, 0.2) is 42.5 Å². The topological polar surface area (TPSA) is 164 Å². The number of nitrogens with one attached hydrogen (secondary N) is 1. The smallest absolute Gasteiger partial charge is 0.335 e. The number of hydrogen-bond donors (Lipinski definition) is 3. The molecule has 1 unspecified atom stereocenters. The second kappa shape index (κ2) is 8.65. The van der Waals surface area contributed by atoms with E-state index in [1.165, 1.54) is 12.1 Å². The minimum Gasteiger partial charge on any atom is -0.480 e. The van der Waals surface area contributed by atoms with Gasteiger partial charge in [0.1, 0.15) is 17.5 Å². The van der Waals surface area contributed by atoms with Crippen molar-refractivity contribution in [3.8, 4) is 0 Å². The molecule has 10 nitrogen and oxygen atoms in total. The van der Waals surface area contributed by atoms with Crippen molar-refractivity contribution < 1.29 is 37.5 Å². The van der Waals surface area contributed by atoms with Gasteiger partial charge in [-0.1, -0.05) is 12.1 Å². The molecular formula is C17H15FN2O8S. The van der Waals surface area contributed by atoms with Crippen LogP contribution >= 0.6 is 0 Å². The molecular weight excluding hydrogens is 411 g/mol. The molecule has 2 aromatic carbocycles. The van der Waals surface area contributed by atoms with E-state index >= 15 is 0 Å². The Balaban J connectivity index is 2.27. The van der Waals surface area contributed by atoms with E-state index in [0.29, 0.717) is 0 Å². The van der Waals surface area contributed by atoms with Crippen LogP contribution < -0.4 is 5.32 Å². The van der Waals surface area contributed by atoms with E-state index in [0.717, 1.165) is 30.3 Å². The summed E-state index contributed by atoms with van der Waals surface area (Å²) >= 11 is 0. The number of carboxylic acids is 2. The van der Waals surface area contributed by atoms with Gasteiger partial charge in [0.05, 0.1) is 22.0 Å². The number of carboxylic acid groups (broad SMARTS) is 2. The number of hydrogen-bond acceptors (Lipinski definition) is 7. The van der Waals surface area contributed by atoms with E-state index in [-0.39, 0.29) is 11.3 Å². The van der Waals surface area contributed by atoms with Crippen LogP contribution in [-0.2, 0) is 20.4 Å².